The molecule has 0 unspecified atom stereocenters. The van der Waals surface area contributed by atoms with Crippen LogP contribution in [0.5, 0.6) is 0 Å². The van der Waals surface area contributed by atoms with Crippen LogP contribution in [0.25, 0.3) is 0 Å². The molecule has 8 heteroatoms. The van der Waals surface area contributed by atoms with E-state index in [9.17, 15) is 9.59 Å². The van der Waals surface area contributed by atoms with Gasteiger partial charge in [-0.15, -0.1) is 5.10 Å². The Kier molecular flexibility index (Phi) is 6.27. The van der Waals surface area contributed by atoms with Crippen molar-refractivity contribution >= 4 is 29.3 Å². The molecular formula is C18H23N5O2S. The Morgan fingerprint density at radius 3 is 2.65 bits per heavy atom. The number of nitrogens with zero attached hydrogens (tertiary/aromatic N) is 3. The van der Waals surface area contributed by atoms with Gasteiger partial charge in [-0.25, -0.2) is 4.98 Å². The van der Waals surface area contributed by atoms with Gasteiger partial charge in [-0.3, -0.25) is 14.7 Å². The molecule has 2 N–H and O–H groups in total. The van der Waals surface area contributed by atoms with Crippen LogP contribution in [0.3, 0.4) is 0 Å². The molecule has 0 saturated carbocycles. The average Bonchev–Trinajstić information content (AvgIpc) is 3.15. The van der Waals surface area contributed by atoms with E-state index < -0.39 is 0 Å². The third-order valence-corrected chi connectivity index (χ3v) is 5.26. The van der Waals surface area contributed by atoms with E-state index in [0.717, 1.165) is 17.9 Å². The van der Waals surface area contributed by atoms with Gasteiger partial charge in [0.2, 0.25) is 17.0 Å². The second-order valence-electron chi connectivity index (χ2n) is 6.22. The quantitative estimate of drug-likeness (QED) is 0.759. The number of aromatic amines is 1. The fraction of sp³-hybridized carbons (Fsp3) is 0.444. The molecule has 0 radical (unpaired) electrons. The van der Waals surface area contributed by atoms with Crippen LogP contribution in [0, 0.1) is 5.92 Å². The second kappa shape index (κ2) is 8.84. The van der Waals surface area contributed by atoms with Gasteiger partial charge in [0.1, 0.15) is 5.82 Å². The summed E-state index contributed by atoms with van der Waals surface area (Å²) >= 11 is 1.34. The first-order valence-corrected chi connectivity index (χ1v) is 9.82. The van der Waals surface area contributed by atoms with E-state index in [1.807, 2.05) is 42.2 Å². The molecule has 7 nitrogen and oxygen atoms in total. The lowest BCUT2D eigenvalue weighted by molar-refractivity contribution is -0.132. The molecule has 26 heavy (non-hydrogen) atoms. The van der Waals surface area contributed by atoms with Crippen molar-refractivity contribution in [3.8, 4) is 0 Å². The Bertz CT molecular complexity index is 741. The third-order valence-electron chi connectivity index (χ3n) is 4.43. The summed E-state index contributed by atoms with van der Waals surface area (Å²) in [7, 11) is 0. The zero-order chi connectivity index (χ0) is 18.4. The minimum atomic E-state index is -0.0490. The fourth-order valence-corrected chi connectivity index (χ4v) is 3.60. The molecular weight excluding hydrogens is 350 g/mol. The number of hydrogen-bond donors (Lipinski definition) is 2. The summed E-state index contributed by atoms with van der Waals surface area (Å²) < 4.78 is 0. The number of piperidine rings is 1. The van der Waals surface area contributed by atoms with Crippen LogP contribution in [0.2, 0.25) is 0 Å². The number of H-pyrrole nitrogens is 1. The minimum absolute atomic E-state index is 0.0329. The number of hydrogen-bond acceptors (Lipinski definition) is 5. The number of anilines is 1. The standard InChI is InChI=1S/C18H23N5O2S/c1-2-15-20-18(22-21-15)26-12-16(24)23-10-8-13(9-11-23)17(25)19-14-6-4-3-5-7-14/h3-7,13H,2,8-12H2,1H3,(H,19,25)(H,20,21,22). The lowest BCUT2D eigenvalue weighted by atomic mass is 9.96. The average molecular weight is 373 g/mol. The van der Waals surface area contributed by atoms with Gasteiger partial charge in [-0.1, -0.05) is 36.9 Å². The maximum atomic E-state index is 12.4. The van der Waals surface area contributed by atoms with Crippen LogP contribution in [0.4, 0.5) is 5.69 Å². The lowest BCUT2D eigenvalue weighted by Gasteiger charge is -2.31. The predicted molar refractivity (Wildman–Crippen MR) is 101 cm³/mol. The van der Waals surface area contributed by atoms with Crippen molar-refractivity contribution in [1.82, 2.24) is 20.1 Å². The number of amides is 2. The van der Waals surface area contributed by atoms with Crippen LogP contribution < -0.4 is 5.32 Å². The van der Waals surface area contributed by atoms with E-state index in [1.165, 1.54) is 11.8 Å². The van der Waals surface area contributed by atoms with Crippen molar-refractivity contribution in [2.24, 2.45) is 5.92 Å². The number of aromatic nitrogens is 3. The van der Waals surface area contributed by atoms with Gasteiger partial charge in [0, 0.05) is 31.1 Å². The van der Waals surface area contributed by atoms with Gasteiger partial charge in [-0.2, -0.15) is 0 Å². The summed E-state index contributed by atoms with van der Waals surface area (Å²) in [6, 6.07) is 9.46. The zero-order valence-corrected chi connectivity index (χ0v) is 15.6. The van der Waals surface area contributed by atoms with Crippen molar-refractivity contribution < 1.29 is 9.59 Å². The number of likely N-dealkylation sites (tertiary alicyclic amines) is 1. The lowest BCUT2D eigenvalue weighted by Crippen LogP contribution is -2.42. The number of benzene rings is 1. The molecule has 1 aromatic carbocycles. The van der Waals surface area contributed by atoms with E-state index in [0.29, 0.717) is 36.8 Å². The van der Waals surface area contributed by atoms with Crippen LogP contribution in [-0.4, -0.2) is 50.7 Å². The number of thioether (sulfide) groups is 1. The molecule has 0 atom stereocenters. The first kappa shape index (κ1) is 18.4. The Morgan fingerprint density at radius 2 is 2.00 bits per heavy atom. The molecule has 0 spiro atoms. The summed E-state index contributed by atoms with van der Waals surface area (Å²) in [4.78, 5) is 30.8. The SMILES string of the molecule is CCc1nc(SCC(=O)N2CCC(C(=O)Nc3ccccc3)CC2)n[nH]1. The van der Waals surface area contributed by atoms with Gasteiger partial charge < -0.3 is 10.2 Å². The topological polar surface area (TPSA) is 91.0 Å². The van der Waals surface area contributed by atoms with E-state index in [2.05, 4.69) is 20.5 Å². The summed E-state index contributed by atoms with van der Waals surface area (Å²) in [6.45, 7) is 3.22. The molecule has 0 aliphatic carbocycles. The summed E-state index contributed by atoms with van der Waals surface area (Å²) in [5, 5.41) is 10.5. The van der Waals surface area contributed by atoms with Crippen LogP contribution in [0.1, 0.15) is 25.6 Å². The Labute approximate surface area is 157 Å². The molecule has 3 rings (SSSR count). The van der Waals surface area contributed by atoms with Gasteiger partial charge in [0.05, 0.1) is 5.75 Å². The number of aryl methyl sites for hydroxylation is 1. The first-order chi connectivity index (χ1) is 12.7. The number of rotatable bonds is 6. The van der Waals surface area contributed by atoms with Gasteiger partial charge in [-0.05, 0) is 25.0 Å². The van der Waals surface area contributed by atoms with Crippen molar-refractivity contribution in [1.29, 1.82) is 0 Å². The Balaban J connectivity index is 1.42. The van der Waals surface area contributed by atoms with Crippen LogP contribution in [-0.2, 0) is 16.0 Å². The summed E-state index contributed by atoms with van der Waals surface area (Å²) in [5.74, 6) is 1.20. The van der Waals surface area contributed by atoms with E-state index in [4.69, 9.17) is 0 Å². The molecule has 2 heterocycles. The van der Waals surface area contributed by atoms with Crippen LogP contribution in [0.15, 0.2) is 35.5 Å². The summed E-state index contributed by atoms with van der Waals surface area (Å²) in [6.07, 6.45) is 2.17. The van der Waals surface area contributed by atoms with E-state index in [-0.39, 0.29) is 17.7 Å². The smallest absolute Gasteiger partial charge is 0.233 e. The van der Waals surface area contributed by atoms with Crippen molar-refractivity contribution in [2.45, 2.75) is 31.3 Å². The zero-order valence-electron chi connectivity index (χ0n) is 14.8. The normalized spacial score (nSPS) is 15.0. The fourth-order valence-electron chi connectivity index (χ4n) is 2.87. The van der Waals surface area contributed by atoms with Crippen molar-refractivity contribution in [3.63, 3.8) is 0 Å². The Morgan fingerprint density at radius 1 is 1.27 bits per heavy atom. The third kappa shape index (κ3) is 4.85. The molecule has 1 fully saturated rings. The molecule has 2 aromatic rings. The highest BCUT2D eigenvalue weighted by molar-refractivity contribution is 7.99. The highest BCUT2D eigenvalue weighted by Crippen LogP contribution is 2.21. The predicted octanol–water partition coefficient (Wildman–Crippen LogP) is 2.34. The Hall–Kier alpha value is -2.35. The number of carbonyl (C=O) groups excluding carboxylic acids is 2. The van der Waals surface area contributed by atoms with Gasteiger partial charge in [0.15, 0.2) is 0 Å². The van der Waals surface area contributed by atoms with Gasteiger partial charge >= 0.3 is 0 Å². The number of nitrogens with one attached hydrogen (secondary N) is 2. The molecule has 1 aliphatic heterocycles. The second-order valence-corrected chi connectivity index (χ2v) is 7.16. The largest absolute Gasteiger partial charge is 0.342 e. The monoisotopic (exact) mass is 373 g/mol. The van der Waals surface area contributed by atoms with Crippen molar-refractivity contribution in [2.75, 3.05) is 24.2 Å². The maximum absolute atomic E-state index is 12.4. The van der Waals surface area contributed by atoms with Crippen molar-refractivity contribution in [3.05, 3.63) is 36.2 Å². The number of para-hydroxylation sites is 1. The molecule has 2 amide bonds. The highest BCUT2D eigenvalue weighted by Gasteiger charge is 2.27. The van der Waals surface area contributed by atoms with Gasteiger partial charge in [0.25, 0.3) is 0 Å². The van der Waals surface area contributed by atoms with E-state index in [1.54, 1.807) is 0 Å². The molecule has 1 saturated heterocycles. The molecule has 1 aromatic heterocycles. The summed E-state index contributed by atoms with van der Waals surface area (Å²) in [5.41, 5.74) is 0.811. The maximum Gasteiger partial charge on any atom is 0.233 e. The number of carbonyl (C=O) groups is 2. The first-order valence-electron chi connectivity index (χ1n) is 8.83. The highest BCUT2D eigenvalue weighted by atomic mass is 32.2. The van der Waals surface area contributed by atoms with E-state index >= 15 is 0 Å². The minimum Gasteiger partial charge on any atom is -0.342 e. The van der Waals surface area contributed by atoms with Crippen LogP contribution >= 0.6 is 11.8 Å². The molecule has 0 bridgehead atoms. The molecule has 138 valence electrons. The molecule has 1 aliphatic rings.